The summed E-state index contributed by atoms with van der Waals surface area (Å²) in [7, 11) is 0. The maximum absolute atomic E-state index is 7.32. The van der Waals surface area contributed by atoms with Crippen LogP contribution in [-0.2, 0) is 6.42 Å². The molecule has 2 heteroatoms. The number of aromatic nitrogens is 1. The lowest BCUT2D eigenvalue weighted by Gasteiger charge is -2.17. The van der Waals surface area contributed by atoms with Crippen molar-refractivity contribution < 1.29 is 0 Å². The van der Waals surface area contributed by atoms with Crippen LogP contribution < -0.4 is 0 Å². The molecule has 0 spiro atoms. The third kappa shape index (κ3) is 1.71. The summed E-state index contributed by atoms with van der Waals surface area (Å²) in [5.74, 6) is 0.561. The van der Waals surface area contributed by atoms with E-state index in [4.69, 9.17) is 6.57 Å². The van der Waals surface area contributed by atoms with Gasteiger partial charge in [0.2, 0.25) is 5.69 Å². The Labute approximate surface area is 97.5 Å². The summed E-state index contributed by atoms with van der Waals surface area (Å²) in [5.41, 5.74) is 5.49. The summed E-state index contributed by atoms with van der Waals surface area (Å²) in [4.78, 5) is 8.22. The van der Waals surface area contributed by atoms with Crippen LogP contribution in [0.4, 0.5) is 5.69 Å². The lowest BCUT2D eigenvalue weighted by atomic mass is 9.91. The fourth-order valence-electron chi connectivity index (χ4n) is 2.88. The zero-order valence-corrected chi connectivity index (χ0v) is 10.3. The summed E-state index contributed by atoms with van der Waals surface area (Å²) in [6.45, 7) is 13.6. The molecule has 1 aliphatic rings. The maximum Gasteiger partial charge on any atom is 0.211 e. The molecule has 1 heterocycles. The summed E-state index contributed by atoms with van der Waals surface area (Å²) in [5, 5.41) is 0. The Morgan fingerprint density at radius 1 is 1.25 bits per heavy atom. The first-order valence-corrected chi connectivity index (χ1v) is 6.02. The van der Waals surface area contributed by atoms with Crippen molar-refractivity contribution in [1.29, 1.82) is 0 Å². The quantitative estimate of drug-likeness (QED) is 0.470. The van der Waals surface area contributed by atoms with Gasteiger partial charge in [0.05, 0.1) is 6.57 Å². The largest absolute Gasteiger partial charge is 0.270 e. The second-order valence-corrected chi connectivity index (χ2v) is 4.78. The van der Waals surface area contributed by atoms with E-state index in [-0.39, 0.29) is 0 Å². The smallest absolute Gasteiger partial charge is 0.211 e. The topological polar surface area (TPSA) is 17.2 Å². The lowest BCUT2D eigenvalue weighted by molar-refractivity contribution is 0.631. The van der Waals surface area contributed by atoms with E-state index >= 15 is 0 Å². The van der Waals surface area contributed by atoms with Crippen molar-refractivity contribution in [1.82, 2.24) is 4.98 Å². The molecule has 0 fully saturated rings. The van der Waals surface area contributed by atoms with Crippen molar-refractivity contribution in [2.45, 2.75) is 52.4 Å². The monoisotopic (exact) mass is 214 g/mol. The molecule has 0 amide bonds. The molecule has 0 aliphatic heterocycles. The van der Waals surface area contributed by atoms with Gasteiger partial charge in [0.25, 0.3) is 0 Å². The predicted octanol–water partition coefficient (Wildman–Crippen LogP) is 4.08. The minimum atomic E-state index is 0.561. The zero-order valence-electron chi connectivity index (χ0n) is 10.3. The fraction of sp³-hybridized carbons (Fsp3) is 0.571. The molecule has 2 nitrogen and oxygen atoms in total. The molecule has 0 saturated heterocycles. The summed E-state index contributed by atoms with van der Waals surface area (Å²) < 4.78 is 0. The van der Waals surface area contributed by atoms with Gasteiger partial charge in [-0.3, -0.25) is 4.98 Å². The van der Waals surface area contributed by atoms with Crippen LogP contribution in [0.3, 0.4) is 0 Å². The molecule has 16 heavy (non-hydrogen) atoms. The molecule has 1 aromatic heterocycles. The summed E-state index contributed by atoms with van der Waals surface area (Å²) >= 11 is 0. The van der Waals surface area contributed by atoms with Crippen LogP contribution in [0.1, 0.15) is 54.6 Å². The predicted molar refractivity (Wildman–Crippen MR) is 65.9 cm³/mol. The minimum absolute atomic E-state index is 0.561. The molecule has 1 aromatic rings. The Kier molecular flexibility index (Phi) is 2.96. The first-order valence-electron chi connectivity index (χ1n) is 6.02. The van der Waals surface area contributed by atoms with E-state index in [1.807, 2.05) is 6.92 Å². The van der Waals surface area contributed by atoms with Gasteiger partial charge in [-0.2, -0.15) is 0 Å². The molecular formula is C14H18N2. The second-order valence-electron chi connectivity index (χ2n) is 4.78. The Balaban J connectivity index is 2.69. The molecule has 0 saturated carbocycles. The Hall–Kier alpha value is -1.36. The normalized spacial score (nSPS) is 19.8. The number of nitrogens with zero attached hydrogens (tertiary/aromatic N) is 2. The molecule has 0 radical (unpaired) electrons. The number of rotatable bonds is 0. The number of hydrogen-bond acceptors (Lipinski definition) is 1. The number of pyridine rings is 1. The van der Waals surface area contributed by atoms with Crippen molar-refractivity contribution in [3.8, 4) is 0 Å². The average molecular weight is 214 g/mol. The summed E-state index contributed by atoms with van der Waals surface area (Å²) in [6.07, 6.45) is 4.77. The second kappa shape index (κ2) is 4.25. The first kappa shape index (κ1) is 11.1. The highest BCUT2D eigenvalue weighted by atomic mass is 14.8. The van der Waals surface area contributed by atoms with Gasteiger partial charge in [-0.1, -0.05) is 19.8 Å². The van der Waals surface area contributed by atoms with Crippen LogP contribution >= 0.6 is 0 Å². The molecular weight excluding hydrogens is 196 g/mol. The number of fused-ring (bicyclic) bond motifs is 1. The molecule has 1 aliphatic carbocycles. The van der Waals surface area contributed by atoms with Crippen LogP contribution in [-0.4, -0.2) is 4.98 Å². The van der Waals surface area contributed by atoms with Crippen molar-refractivity contribution in [2.75, 3.05) is 0 Å². The minimum Gasteiger partial charge on any atom is -0.270 e. The molecule has 0 aromatic carbocycles. The number of hydrogen-bond donors (Lipinski definition) is 0. The van der Waals surface area contributed by atoms with Crippen molar-refractivity contribution >= 4 is 5.69 Å². The van der Waals surface area contributed by atoms with Gasteiger partial charge in [0, 0.05) is 11.4 Å². The van der Waals surface area contributed by atoms with Crippen LogP contribution in [0.25, 0.3) is 4.85 Å². The molecule has 1 atom stereocenters. The van der Waals surface area contributed by atoms with Crippen molar-refractivity contribution in [3.63, 3.8) is 0 Å². The molecule has 1 unspecified atom stereocenters. The van der Waals surface area contributed by atoms with E-state index in [0.29, 0.717) is 5.92 Å². The van der Waals surface area contributed by atoms with Gasteiger partial charge in [0.15, 0.2) is 0 Å². The Bertz CT molecular complexity index is 455. The molecule has 2 rings (SSSR count). The number of aryl methyl sites for hydroxylation is 2. The van der Waals surface area contributed by atoms with E-state index in [1.165, 1.54) is 30.4 Å². The zero-order chi connectivity index (χ0) is 11.7. The van der Waals surface area contributed by atoms with Crippen LogP contribution in [0.2, 0.25) is 0 Å². The van der Waals surface area contributed by atoms with Crippen LogP contribution in [0.5, 0.6) is 0 Å². The van der Waals surface area contributed by atoms with E-state index in [9.17, 15) is 0 Å². The van der Waals surface area contributed by atoms with Gasteiger partial charge >= 0.3 is 0 Å². The van der Waals surface area contributed by atoms with E-state index < -0.39 is 0 Å². The third-order valence-electron chi connectivity index (χ3n) is 3.60. The standard InChI is InChI=1S/C14H18N2/c1-9-7-5-6-8-12-13(9)10(2)16-11(3)14(12)15-4/h9H,5-8H2,1-3H3. The van der Waals surface area contributed by atoms with Gasteiger partial charge in [0.1, 0.15) is 0 Å². The lowest BCUT2D eigenvalue weighted by Crippen LogP contribution is -2.03. The van der Waals surface area contributed by atoms with Gasteiger partial charge in [-0.25, -0.2) is 4.85 Å². The highest BCUT2D eigenvalue weighted by Crippen LogP contribution is 2.38. The Morgan fingerprint density at radius 3 is 2.69 bits per heavy atom. The molecule has 0 N–H and O–H groups in total. The average Bonchev–Trinajstić information content (AvgIpc) is 2.41. The van der Waals surface area contributed by atoms with Crippen LogP contribution in [0, 0.1) is 20.4 Å². The molecule has 0 bridgehead atoms. The maximum atomic E-state index is 7.32. The van der Waals surface area contributed by atoms with E-state index in [1.54, 1.807) is 0 Å². The SMILES string of the molecule is [C-]#[N+]c1c(C)nc(C)c2c1CCCCC2C. The van der Waals surface area contributed by atoms with Gasteiger partial charge < -0.3 is 0 Å². The van der Waals surface area contributed by atoms with Crippen molar-refractivity contribution in [2.24, 2.45) is 0 Å². The summed E-state index contributed by atoms with van der Waals surface area (Å²) in [6, 6.07) is 0. The third-order valence-corrected chi connectivity index (χ3v) is 3.60. The van der Waals surface area contributed by atoms with Crippen molar-refractivity contribution in [3.05, 3.63) is 33.9 Å². The molecule has 84 valence electrons. The van der Waals surface area contributed by atoms with E-state index in [2.05, 4.69) is 23.7 Å². The van der Waals surface area contributed by atoms with E-state index in [0.717, 1.165) is 23.5 Å². The highest BCUT2D eigenvalue weighted by Gasteiger charge is 2.22. The fourth-order valence-corrected chi connectivity index (χ4v) is 2.88. The van der Waals surface area contributed by atoms with Gasteiger partial charge in [-0.15, -0.1) is 0 Å². The first-order chi connectivity index (χ1) is 7.65. The van der Waals surface area contributed by atoms with Crippen LogP contribution in [0.15, 0.2) is 0 Å². The Morgan fingerprint density at radius 2 is 2.00 bits per heavy atom. The highest BCUT2D eigenvalue weighted by molar-refractivity contribution is 5.60. The van der Waals surface area contributed by atoms with Gasteiger partial charge in [-0.05, 0) is 43.7 Å².